The number of fused-ring (bicyclic) bond motifs is 5. The quantitative estimate of drug-likeness (QED) is 0.756. The SMILES string of the molecule is CC(=O)[C@@]1(O)CC[C@H]2[C@@H]3CCC4=CC(=O)C(C)=C[C@]4(C)[C@H]3[C@@H](O)C[C@@]21C. The highest BCUT2D eigenvalue weighted by Gasteiger charge is 2.67. The maximum Gasteiger partial charge on any atom is 0.181 e. The summed E-state index contributed by atoms with van der Waals surface area (Å²) in [7, 11) is 0. The number of aliphatic hydroxyl groups excluding tert-OH is 1. The highest BCUT2D eigenvalue weighted by atomic mass is 16.3. The highest BCUT2D eigenvalue weighted by molar-refractivity contribution is 6.05. The fourth-order valence-corrected chi connectivity index (χ4v) is 7.20. The van der Waals surface area contributed by atoms with Crippen molar-refractivity contribution in [3.05, 3.63) is 23.3 Å². The third-order valence-electron chi connectivity index (χ3n) is 8.53. The van der Waals surface area contributed by atoms with E-state index < -0.39 is 17.1 Å². The topological polar surface area (TPSA) is 74.6 Å². The van der Waals surface area contributed by atoms with Crippen molar-refractivity contribution in [2.24, 2.45) is 28.6 Å². The van der Waals surface area contributed by atoms with Crippen molar-refractivity contribution in [2.45, 2.75) is 71.5 Å². The van der Waals surface area contributed by atoms with Crippen molar-refractivity contribution in [3.8, 4) is 0 Å². The number of ketones is 2. The Morgan fingerprint density at radius 1 is 1.27 bits per heavy atom. The standard InChI is InChI=1S/C22H30O4/c1-12-10-20(3)14(9-17(12)24)5-6-15-16-7-8-22(26,13(2)23)21(16,4)11-18(25)19(15)20/h9-10,15-16,18-19,25-26H,5-8,11H2,1-4H3/t15-,16-,18-,19+,20-,21-,22-/m0/s1. The molecule has 4 rings (SSSR count). The van der Waals surface area contributed by atoms with Crippen LogP contribution in [-0.4, -0.2) is 33.5 Å². The van der Waals surface area contributed by atoms with Gasteiger partial charge in [0.05, 0.1) is 6.10 Å². The molecule has 0 radical (unpaired) electrons. The second kappa shape index (κ2) is 5.39. The Morgan fingerprint density at radius 2 is 1.96 bits per heavy atom. The summed E-state index contributed by atoms with van der Waals surface area (Å²) in [5.74, 6) is 0.441. The van der Waals surface area contributed by atoms with Gasteiger partial charge in [-0.25, -0.2) is 0 Å². The van der Waals surface area contributed by atoms with E-state index in [0.717, 1.165) is 30.4 Å². The molecule has 4 heteroatoms. The molecule has 0 heterocycles. The molecule has 142 valence electrons. The summed E-state index contributed by atoms with van der Waals surface area (Å²) in [4.78, 5) is 24.4. The molecule has 0 aliphatic heterocycles. The molecule has 3 saturated carbocycles. The van der Waals surface area contributed by atoms with E-state index in [1.807, 2.05) is 13.8 Å². The van der Waals surface area contributed by atoms with Gasteiger partial charge in [0.2, 0.25) is 0 Å². The highest BCUT2D eigenvalue weighted by Crippen LogP contribution is 2.67. The zero-order valence-electron chi connectivity index (χ0n) is 16.2. The van der Waals surface area contributed by atoms with Crippen LogP contribution in [0.2, 0.25) is 0 Å². The molecule has 0 amide bonds. The Bertz CT molecular complexity index is 749. The minimum atomic E-state index is -1.32. The summed E-state index contributed by atoms with van der Waals surface area (Å²) in [6, 6.07) is 0. The average molecular weight is 358 g/mol. The van der Waals surface area contributed by atoms with Crippen LogP contribution in [0.5, 0.6) is 0 Å². The molecule has 0 aromatic rings. The van der Waals surface area contributed by atoms with Gasteiger partial charge in [-0.05, 0) is 69.4 Å². The van der Waals surface area contributed by atoms with Crippen LogP contribution in [0.3, 0.4) is 0 Å². The number of rotatable bonds is 1. The zero-order valence-corrected chi connectivity index (χ0v) is 16.2. The number of allylic oxidation sites excluding steroid dienone is 4. The molecule has 3 fully saturated rings. The molecule has 0 aromatic carbocycles. The fraction of sp³-hybridized carbons (Fsp3) is 0.727. The van der Waals surface area contributed by atoms with E-state index in [1.54, 1.807) is 6.08 Å². The lowest BCUT2D eigenvalue weighted by Gasteiger charge is -2.59. The van der Waals surface area contributed by atoms with E-state index in [4.69, 9.17) is 0 Å². The minimum Gasteiger partial charge on any atom is -0.393 e. The third kappa shape index (κ3) is 2.03. The average Bonchev–Trinajstić information content (AvgIpc) is 2.81. The predicted molar refractivity (Wildman–Crippen MR) is 98.3 cm³/mol. The summed E-state index contributed by atoms with van der Waals surface area (Å²) >= 11 is 0. The Morgan fingerprint density at radius 3 is 2.62 bits per heavy atom. The molecule has 0 unspecified atom stereocenters. The summed E-state index contributed by atoms with van der Waals surface area (Å²) in [6.45, 7) is 7.50. The number of hydrogen-bond donors (Lipinski definition) is 2. The van der Waals surface area contributed by atoms with E-state index in [-0.39, 0.29) is 34.7 Å². The first-order chi connectivity index (χ1) is 12.0. The second-order valence-corrected chi connectivity index (χ2v) is 9.62. The molecule has 4 nitrogen and oxygen atoms in total. The number of Topliss-reactive ketones (excluding diaryl/α,β-unsaturated/α-hetero) is 1. The number of carbonyl (C=O) groups is 2. The van der Waals surface area contributed by atoms with E-state index in [0.29, 0.717) is 12.8 Å². The maximum absolute atomic E-state index is 12.3. The molecular formula is C22H30O4. The molecule has 7 atom stereocenters. The lowest BCUT2D eigenvalue weighted by molar-refractivity contribution is -0.175. The third-order valence-corrected chi connectivity index (χ3v) is 8.53. The minimum absolute atomic E-state index is 0.0398. The van der Waals surface area contributed by atoms with E-state index in [9.17, 15) is 19.8 Å². The summed E-state index contributed by atoms with van der Waals surface area (Å²) in [5, 5.41) is 22.4. The smallest absolute Gasteiger partial charge is 0.181 e. The lowest BCUT2D eigenvalue weighted by Crippen LogP contribution is -2.61. The van der Waals surface area contributed by atoms with Gasteiger partial charge in [0, 0.05) is 16.7 Å². The lowest BCUT2D eigenvalue weighted by atomic mass is 9.46. The van der Waals surface area contributed by atoms with Gasteiger partial charge < -0.3 is 10.2 Å². The Labute approximate surface area is 155 Å². The molecular weight excluding hydrogens is 328 g/mol. The second-order valence-electron chi connectivity index (χ2n) is 9.62. The van der Waals surface area contributed by atoms with Gasteiger partial charge >= 0.3 is 0 Å². The first kappa shape index (κ1) is 18.1. The predicted octanol–water partition coefficient (Wildman–Crippen LogP) is 2.98. The van der Waals surface area contributed by atoms with Crippen molar-refractivity contribution in [3.63, 3.8) is 0 Å². The monoisotopic (exact) mass is 358 g/mol. The van der Waals surface area contributed by atoms with Gasteiger partial charge in [0.25, 0.3) is 0 Å². The Balaban J connectivity index is 1.78. The van der Waals surface area contributed by atoms with E-state index >= 15 is 0 Å². The first-order valence-electron chi connectivity index (χ1n) is 9.91. The Hall–Kier alpha value is -1.26. The van der Waals surface area contributed by atoms with Crippen LogP contribution in [0, 0.1) is 28.6 Å². The summed E-state index contributed by atoms with van der Waals surface area (Å²) in [6.07, 6.45) is 6.80. The molecule has 4 aliphatic carbocycles. The van der Waals surface area contributed by atoms with E-state index in [1.165, 1.54) is 6.92 Å². The van der Waals surface area contributed by atoms with Gasteiger partial charge in [-0.2, -0.15) is 0 Å². The molecule has 0 spiro atoms. The Kier molecular flexibility index (Phi) is 3.75. The van der Waals surface area contributed by atoms with Crippen LogP contribution in [0.15, 0.2) is 23.3 Å². The van der Waals surface area contributed by atoms with Gasteiger partial charge in [0.15, 0.2) is 11.6 Å². The zero-order chi connectivity index (χ0) is 19.1. The molecule has 2 N–H and O–H groups in total. The normalized spacial score (nSPS) is 50.3. The largest absolute Gasteiger partial charge is 0.393 e. The number of carbonyl (C=O) groups excluding carboxylic acids is 2. The first-order valence-corrected chi connectivity index (χ1v) is 9.91. The molecule has 26 heavy (non-hydrogen) atoms. The van der Waals surface area contributed by atoms with Crippen LogP contribution in [0.1, 0.15) is 59.8 Å². The summed E-state index contributed by atoms with van der Waals surface area (Å²) in [5.41, 5.74) is -0.311. The summed E-state index contributed by atoms with van der Waals surface area (Å²) < 4.78 is 0. The van der Waals surface area contributed by atoms with Crippen LogP contribution in [0.4, 0.5) is 0 Å². The van der Waals surface area contributed by atoms with Crippen molar-refractivity contribution in [1.82, 2.24) is 0 Å². The van der Waals surface area contributed by atoms with Crippen LogP contribution >= 0.6 is 0 Å². The van der Waals surface area contributed by atoms with Crippen LogP contribution in [-0.2, 0) is 9.59 Å². The van der Waals surface area contributed by atoms with E-state index in [2.05, 4.69) is 13.0 Å². The van der Waals surface area contributed by atoms with Gasteiger partial charge in [-0.1, -0.05) is 25.5 Å². The van der Waals surface area contributed by atoms with Crippen molar-refractivity contribution >= 4 is 11.6 Å². The van der Waals surface area contributed by atoms with Gasteiger partial charge in [-0.3, -0.25) is 9.59 Å². The fourth-order valence-electron chi connectivity index (χ4n) is 7.20. The van der Waals surface area contributed by atoms with Crippen molar-refractivity contribution in [2.75, 3.05) is 0 Å². The van der Waals surface area contributed by atoms with Crippen molar-refractivity contribution < 1.29 is 19.8 Å². The number of hydrogen-bond acceptors (Lipinski definition) is 4. The molecule has 0 aromatic heterocycles. The molecule has 0 bridgehead atoms. The molecule has 0 saturated heterocycles. The van der Waals surface area contributed by atoms with Gasteiger partial charge in [-0.15, -0.1) is 0 Å². The van der Waals surface area contributed by atoms with Crippen molar-refractivity contribution in [1.29, 1.82) is 0 Å². The molecule has 4 aliphatic rings. The van der Waals surface area contributed by atoms with Crippen LogP contribution < -0.4 is 0 Å². The number of aliphatic hydroxyl groups is 2. The maximum atomic E-state index is 12.3. The van der Waals surface area contributed by atoms with Crippen LogP contribution in [0.25, 0.3) is 0 Å². The van der Waals surface area contributed by atoms with Gasteiger partial charge in [0.1, 0.15) is 5.60 Å².